The topological polar surface area (TPSA) is 96.3 Å². The van der Waals surface area contributed by atoms with Gasteiger partial charge in [0.15, 0.2) is 0 Å². The van der Waals surface area contributed by atoms with Gasteiger partial charge in [0.25, 0.3) is 0 Å². The van der Waals surface area contributed by atoms with Crippen molar-refractivity contribution in [1.82, 2.24) is 0 Å². The van der Waals surface area contributed by atoms with Crippen LogP contribution in [0.1, 0.15) is 48.2 Å². The lowest BCUT2D eigenvalue weighted by Crippen LogP contribution is -2.36. The molecule has 3 aromatic carbocycles. The summed E-state index contributed by atoms with van der Waals surface area (Å²) in [6.45, 7) is 5.72. The summed E-state index contributed by atoms with van der Waals surface area (Å²) in [5, 5.41) is 21.0. The van der Waals surface area contributed by atoms with E-state index in [2.05, 4.69) is 0 Å². The van der Waals surface area contributed by atoms with Crippen LogP contribution in [0.15, 0.2) is 54.6 Å². The Labute approximate surface area is 192 Å². The van der Waals surface area contributed by atoms with Gasteiger partial charge in [0.05, 0.1) is 17.9 Å². The van der Waals surface area contributed by atoms with E-state index in [0.717, 1.165) is 10.9 Å². The van der Waals surface area contributed by atoms with E-state index in [1.165, 1.54) is 11.0 Å². The van der Waals surface area contributed by atoms with E-state index in [1.54, 1.807) is 39.0 Å². The summed E-state index contributed by atoms with van der Waals surface area (Å²) in [5.41, 5.74) is 1.69. The van der Waals surface area contributed by atoms with Gasteiger partial charge in [-0.2, -0.15) is 0 Å². The second-order valence-corrected chi connectivity index (χ2v) is 9.12. The van der Waals surface area contributed by atoms with Crippen molar-refractivity contribution in [3.05, 3.63) is 71.3 Å². The fraction of sp³-hybridized carbons (Fsp3) is 0.308. The van der Waals surface area contributed by atoms with Crippen molar-refractivity contribution in [1.29, 1.82) is 0 Å². The quantitative estimate of drug-likeness (QED) is 0.572. The number of carboxylic acid groups (broad SMARTS) is 1. The minimum Gasteiger partial charge on any atom is -0.488 e. The zero-order valence-electron chi connectivity index (χ0n) is 18.9. The van der Waals surface area contributed by atoms with Crippen molar-refractivity contribution in [2.75, 3.05) is 18.1 Å². The molecule has 7 heteroatoms. The standard InChI is InChI=1S/C26H27NO6/c1-26(2,3)33-25(31)27-13-18(14-28)23-20-11-17(24(29)30)9-10-19(20)22(12-21(23)27)32-15-16-7-5-4-6-8-16/h4-12,18,28H,13-15H2,1-3H3,(H,29,30). The highest BCUT2D eigenvalue weighted by Gasteiger charge is 2.37. The molecule has 3 aromatic rings. The average molecular weight is 450 g/mol. The Morgan fingerprint density at radius 3 is 2.42 bits per heavy atom. The first-order chi connectivity index (χ1) is 15.7. The SMILES string of the molecule is CC(C)(C)OC(=O)N1CC(CO)c2c1cc(OCc1ccccc1)c1ccc(C(=O)O)cc21. The normalized spacial score (nSPS) is 15.4. The Kier molecular flexibility index (Phi) is 5.99. The number of carbonyl (C=O) groups is 2. The van der Waals surface area contributed by atoms with Crippen LogP contribution in [0.4, 0.5) is 10.5 Å². The van der Waals surface area contributed by atoms with Crippen LogP contribution in [0.3, 0.4) is 0 Å². The highest BCUT2D eigenvalue weighted by molar-refractivity contribution is 6.04. The zero-order valence-corrected chi connectivity index (χ0v) is 18.9. The van der Waals surface area contributed by atoms with Gasteiger partial charge in [-0.1, -0.05) is 30.3 Å². The molecule has 1 heterocycles. The van der Waals surface area contributed by atoms with Crippen molar-refractivity contribution in [3.8, 4) is 5.75 Å². The summed E-state index contributed by atoms with van der Waals surface area (Å²) in [7, 11) is 0. The Bertz CT molecular complexity index is 1200. The lowest BCUT2D eigenvalue weighted by Gasteiger charge is -2.25. The number of aliphatic hydroxyl groups excluding tert-OH is 1. The lowest BCUT2D eigenvalue weighted by atomic mass is 9.93. The summed E-state index contributed by atoms with van der Waals surface area (Å²) in [6, 6.07) is 16.3. The van der Waals surface area contributed by atoms with Crippen LogP contribution >= 0.6 is 0 Å². The molecule has 1 amide bonds. The van der Waals surface area contributed by atoms with Crippen molar-refractivity contribution >= 4 is 28.5 Å². The summed E-state index contributed by atoms with van der Waals surface area (Å²) >= 11 is 0. The molecule has 0 radical (unpaired) electrons. The Morgan fingerprint density at radius 2 is 1.79 bits per heavy atom. The second-order valence-electron chi connectivity index (χ2n) is 9.12. The fourth-order valence-corrected chi connectivity index (χ4v) is 4.09. The summed E-state index contributed by atoms with van der Waals surface area (Å²) in [4.78, 5) is 26.1. The fourth-order valence-electron chi connectivity index (χ4n) is 4.09. The van der Waals surface area contributed by atoms with E-state index in [9.17, 15) is 19.8 Å². The summed E-state index contributed by atoms with van der Waals surface area (Å²) in [6.07, 6.45) is -0.526. The number of aliphatic hydroxyl groups is 1. The molecule has 1 aliphatic heterocycles. The molecule has 172 valence electrons. The van der Waals surface area contributed by atoms with Gasteiger partial charge in [-0.25, -0.2) is 9.59 Å². The first kappa shape index (κ1) is 22.6. The average Bonchev–Trinajstić information content (AvgIpc) is 3.15. The molecule has 0 fully saturated rings. The maximum atomic E-state index is 13.0. The molecule has 1 unspecified atom stereocenters. The van der Waals surface area contributed by atoms with Gasteiger partial charge in [0.2, 0.25) is 0 Å². The first-order valence-electron chi connectivity index (χ1n) is 10.8. The molecule has 0 saturated heterocycles. The Morgan fingerprint density at radius 1 is 1.06 bits per heavy atom. The molecule has 1 atom stereocenters. The predicted octanol–water partition coefficient (Wildman–Crippen LogP) is 4.95. The number of hydrogen-bond donors (Lipinski definition) is 2. The van der Waals surface area contributed by atoms with Crippen LogP contribution in [0, 0.1) is 0 Å². The number of fused-ring (bicyclic) bond motifs is 3. The van der Waals surface area contributed by atoms with E-state index in [4.69, 9.17) is 9.47 Å². The van der Waals surface area contributed by atoms with Gasteiger partial charge in [-0.3, -0.25) is 4.90 Å². The van der Waals surface area contributed by atoms with Gasteiger partial charge < -0.3 is 19.7 Å². The number of benzene rings is 3. The highest BCUT2D eigenvalue weighted by Crippen LogP contribution is 2.46. The van der Waals surface area contributed by atoms with Gasteiger partial charge in [-0.05, 0) is 55.5 Å². The van der Waals surface area contributed by atoms with Crippen LogP contribution < -0.4 is 9.64 Å². The third kappa shape index (κ3) is 4.64. The lowest BCUT2D eigenvalue weighted by molar-refractivity contribution is 0.0580. The molecule has 2 N–H and O–H groups in total. The smallest absolute Gasteiger partial charge is 0.414 e. The van der Waals surface area contributed by atoms with E-state index >= 15 is 0 Å². The maximum absolute atomic E-state index is 13.0. The molecule has 0 bridgehead atoms. The number of rotatable bonds is 5. The second kappa shape index (κ2) is 8.75. The number of hydrogen-bond acceptors (Lipinski definition) is 5. The molecule has 0 saturated carbocycles. The number of nitrogens with zero attached hydrogens (tertiary/aromatic N) is 1. The minimum atomic E-state index is -1.05. The van der Waals surface area contributed by atoms with Crippen LogP contribution in [-0.2, 0) is 11.3 Å². The maximum Gasteiger partial charge on any atom is 0.414 e. The third-order valence-electron chi connectivity index (χ3n) is 5.54. The van der Waals surface area contributed by atoms with Crippen LogP contribution in [0.25, 0.3) is 10.8 Å². The number of carboxylic acids is 1. The molecule has 0 aromatic heterocycles. The Hall–Kier alpha value is -3.58. The number of carbonyl (C=O) groups excluding carboxylic acids is 1. The van der Waals surface area contributed by atoms with Crippen molar-refractivity contribution in [2.24, 2.45) is 0 Å². The van der Waals surface area contributed by atoms with Crippen molar-refractivity contribution in [2.45, 2.75) is 38.9 Å². The molecule has 7 nitrogen and oxygen atoms in total. The third-order valence-corrected chi connectivity index (χ3v) is 5.54. The molecule has 1 aliphatic rings. The molecule has 0 aliphatic carbocycles. The number of anilines is 1. The Balaban J connectivity index is 1.85. The van der Waals surface area contributed by atoms with Crippen LogP contribution in [0.5, 0.6) is 5.75 Å². The molecule has 4 rings (SSSR count). The van der Waals surface area contributed by atoms with E-state index < -0.39 is 17.7 Å². The van der Waals surface area contributed by atoms with E-state index in [0.29, 0.717) is 29.0 Å². The molecule has 33 heavy (non-hydrogen) atoms. The van der Waals surface area contributed by atoms with E-state index in [-0.39, 0.29) is 24.6 Å². The number of aromatic carboxylic acids is 1. The molecular weight excluding hydrogens is 422 g/mol. The highest BCUT2D eigenvalue weighted by atomic mass is 16.6. The van der Waals surface area contributed by atoms with Gasteiger partial charge >= 0.3 is 12.1 Å². The van der Waals surface area contributed by atoms with Gasteiger partial charge in [0, 0.05) is 23.9 Å². The first-order valence-corrected chi connectivity index (χ1v) is 10.8. The number of ether oxygens (including phenoxy) is 2. The van der Waals surface area contributed by atoms with Crippen molar-refractivity contribution < 1.29 is 29.3 Å². The largest absolute Gasteiger partial charge is 0.488 e. The summed E-state index contributed by atoms with van der Waals surface area (Å²) < 4.78 is 11.7. The predicted molar refractivity (Wildman–Crippen MR) is 125 cm³/mol. The van der Waals surface area contributed by atoms with Crippen LogP contribution in [-0.4, -0.2) is 41.0 Å². The van der Waals surface area contributed by atoms with Gasteiger partial charge in [-0.15, -0.1) is 0 Å². The zero-order chi connectivity index (χ0) is 23.8. The van der Waals surface area contributed by atoms with E-state index in [1.807, 2.05) is 30.3 Å². The summed E-state index contributed by atoms with van der Waals surface area (Å²) in [5.74, 6) is -0.900. The van der Waals surface area contributed by atoms with Crippen molar-refractivity contribution in [3.63, 3.8) is 0 Å². The minimum absolute atomic E-state index is 0.123. The van der Waals surface area contributed by atoms with Gasteiger partial charge in [0.1, 0.15) is 18.0 Å². The number of amides is 1. The monoisotopic (exact) mass is 449 g/mol. The van der Waals surface area contributed by atoms with Crippen LogP contribution in [0.2, 0.25) is 0 Å². The molecular formula is C26H27NO6. The molecule has 0 spiro atoms.